The first kappa shape index (κ1) is 15.2. The Bertz CT molecular complexity index is 671. The van der Waals surface area contributed by atoms with E-state index in [2.05, 4.69) is 36.5 Å². The van der Waals surface area contributed by atoms with Crippen LogP contribution in [0.15, 0.2) is 42.5 Å². The van der Waals surface area contributed by atoms with Gasteiger partial charge in [0.05, 0.1) is 6.04 Å². The predicted molar refractivity (Wildman–Crippen MR) is 89.7 cm³/mol. The van der Waals surface area contributed by atoms with Crippen molar-refractivity contribution >= 4 is 17.3 Å². The average molecular weight is 318 g/mol. The van der Waals surface area contributed by atoms with Crippen molar-refractivity contribution in [2.75, 3.05) is 12.4 Å². The van der Waals surface area contributed by atoms with Crippen LogP contribution in [-0.2, 0) is 4.74 Å². The average Bonchev–Trinajstić information content (AvgIpc) is 2.50. The highest BCUT2D eigenvalue weighted by Crippen LogP contribution is 2.42. The second kappa shape index (κ2) is 5.82. The number of halogens is 1. The number of methoxy groups -OCH3 is 1. The molecule has 0 aliphatic carbocycles. The molecule has 0 unspecified atom stereocenters. The van der Waals surface area contributed by atoms with Crippen LogP contribution in [-0.4, -0.2) is 12.9 Å². The van der Waals surface area contributed by atoms with Gasteiger partial charge >= 0.3 is 0 Å². The molecule has 2 aromatic carbocycles. The second-order valence-electron chi connectivity index (χ2n) is 5.89. The molecule has 2 atom stereocenters. The zero-order chi connectivity index (χ0) is 15.7. The molecule has 3 rings (SSSR count). The number of anilines is 1. The first-order chi connectivity index (χ1) is 10.5. The zero-order valence-corrected chi connectivity index (χ0v) is 13.8. The smallest absolute Gasteiger partial charge is 0.209 e. The Labute approximate surface area is 136 Å². The Morgan fingerprint density at radius 1 is 1.23 bits per heavy atom. The van der Waals surface area contributed by atoms with Crippen molar-refractivity contribution in [3.63, 3.8) is 0 Å². The topological polar surface area (TPSA) is 30.5 Å². The minimum absolute atomic E-state index is 0.0788. The molecule has 0 aromatic heterocycles. The van der Waals surface area contributed by atoms with Gasteiger partial charge in [0.2, 0.25) is 5.79 Å². The Balaban J connectivity index is 1.95. The number of ether oxygens (including phenoxy) is 2. The maximum Gasteiger partial charge on any atom is 0.209 e. The van der Waals surface area contributed by atoms with Crippen molar-refractivity contribution < 1.29 is 9.47 Å². The molecule has 1 aliphatic heterocycles. The van der Waals surface area contributed by atoms with E-state index in [1.807, 2.05) is 25.1 Å². The van der Waals surface area contributed by atoms with Gasteiger partial charge in [0.15, 0.2) is 0 Å². The normalized spacial score (nSPS) is 23.5. The van der Waals surface area contributed by atoms with Gasteiger partial charge in [-0.25, -0.2) is 0 Å². The fraction of sp³-hybridized carbons (Fsp3) is 0.333. The van der Waals surface area contributed by atoms with Gasteiger partial charge in [0.25, 0.3) is 0 Å². The number of hydrogen-bond donors (Lipinski definition) is 1. The Morgan fingerprint density at radius 3 is 2.64 bits per heavy atom. The van der Waals surface area contributed by atoms with Crippen molar-refractivity contribution in [2.24, 2.45) is 0 Å². The van der Waals surface area contributed by atoms with Gasteiger partial charge in [-0.15, -0.1) is 0 Å². The molecular weight excluding hydrogens is 298 g/mol. The van der Waals surface area contributed by atoms with Crippen molar-refractivity contribution in [3.8, 4) is 5.75 Å². The van der Waals surface area contributed by atoms with Gasteiger partial charge < -0.3 is 14.8 Å². The summed E-state index contributed by atoms with van der Waals surface area (Å²) in [6, 6.07) is 14.1. The van der Waals surface area contributed by atoms with Gasteiger partial charge in [0.1, 0.15) is 5.75 Å². The van der Waals surface area contributed by atoms with E-state index in [-0.39, 0.29) is 6.04 Å². The molecule has 0 radical (unpaired) electrons. The summed E-state index contributed by atoms with van der Waals surface area (Å²) in [5.74, 6) is 0.160. The zero-order valence-electron chi connectivity index (χ0n) is 13.0. The first-order valence-electron chi connectivity index (χ1n) is 7.36. The molecule has 0 bridgehead atoms. The minimum atomic E-state index is -0.650. The van der Waals surface area contributed by atoms with Crippen LogP contribution in [0.1, 0.15) is 30.5 Å². The Hall–Kier alpha value is -1.71. The first-order valence-corrected chi connectivity index (χ1v) is 7.74. The third kappa shape index (κ3) is 3.06. The number of rotatable bonds is 3. The van der Waals surface area contributed by atoms with Crippen LogP contribution in [0.5, 0.6) is 5.75 Å². The van der Waals surface area contributed by atoms with E-state index in [1.54, 1.807) is 7.11 Å². The molecule has 0 spiro atoms. The van der Waals surface area contributed by atoms with E-state index in [0.717, 1.165) is 17.0 Å². The molecule has 0 amide bonds. The maximum atomic E-state index is 6.16. The van der Waals surface area contributed by atoms with E-state index in [0.29, 0.717) is 11.4 Å². The lowest BCUT2D eigenvalue weighted by molar-refractivity contribution is -0.164. The quantitative estimate of drug-likeness (QED) is 0.869. The van der Waals surface area contributed by atoms with Gasteiger partial charge in [-0.2, -0.15) is 0 Å². The molecule has 0 saturated carbocycles. The summed E-state index contributed by atoms with van der Waals surface area (Å²) >= 11 is 6.16. The van der Waals surface area contributed by atoms with Crippen LogP contribution >= 0.6 is 11.6 Å². The monoisotopic (exact) mass is 317 g/mol. The summed E-state index contributed by atoms with van der Waals surface area (Å²) < 4.78 is 11.5. The molecule has 1 heterocycles. The number of nitrogens with one attached hydrogen (secondary N) is 1. The van der Waals surface area contributed by atoms with Gasteiger partial charge in [-0.3, -0.25) is 0 Å². The lowest BCUT2D eigenvalue weighted by Gasteiger charge is -2.39. The highest BCUT2D eigenvalue weighted by molar-refractivity contribution is 6.30. The van der Waals surface area contributed by atoms with E-state index < -0.39 is 5.79 Å². The Morgan fingerprint density at radius 2 is 1.95 bits per heavy atom. The molecule has 4 heteroatoms. The van der Waals surface area contributed by atoms with E-state index in [1.165, 1.54) is 5.56 Å². The third-order valence-corrected chi connectivity index (χ3v) is 4.31. The highest BCUT2D eigenvalue weighted by Gasteiger charge is 2.37. The lowest BCUT2D eigenvalue weighted by Crippen LogP contribution is -2.41. The molecule has 3 nitrogen and oxygen atoms in total. The fourth-order valence-corrected chi connectivity index (χ4v) is 2.92. The predicted octanol–water partition coefficient (Wildman–Crippen LogP) is 4.95. The number of fused-ring (bicyclic) bond motifs is 1. The van der Waals surface area contributed by atoms with E-state index in [9.17, 15) is 0 Å². The Kier molecular flexibility index (Phi) is 4.02. The molecule has 116 valence electrons. The van der Waals surface area contributed by atoms with Crippen LogP contribution in [0, 0.1) is 6.92 Å². The largest absolute Gasteiger partial charge is 0.462 e. The summed E-state index contributed by atoms with van der Waals surface area (Å²) in [5, 5.41) is 4.27. The lowest BCUT2D eigenvalue weighted by atomic mass is 9.94. The van der Waals surface area contributed by atoms with E-state index in [4.69, 9.17) is 21.1 Å². The summed E-state index contributed by atoms with van der Waals surface area (Å²) in [6.45, 7) is 4.03. The summed E-state index contributed by atoms with van der Waals surface area (Å²) in [4.78, 5) is 0. The third-order valence-electron chi connectivity index (χ3n) is 4.07. The van der Waals surface area contributed by atoms with Gasteiger partial charge in [-0.1, -0.05) is 29.3 Å². The van der Waals surface area contributed by atoms with Crippen molar-refractivity contribution in [3.05, 3.63) is 58.6 Å². The fourth-order valence-electron chi connectivity index (χ4n) is 2.74. The molecule has 1 aliphatic rings. The highest BCUT2D eigenvalue weighted by atomic mass is 35.5. The standard InChI is InChI=1S/C18H20ClNO2/c1-12-4-7-14(8-5-12)20-16-11-18(2,21-3)22-17-9-6-13(19)10-15(16)17/h4-10,16,20H,11H2,1-3H3/t16-,18-/m1/s1. The van der Waals surface area contributed by atoms with Crippen LogP contribution in [0.25, 0.3) is 0 Å². The number of hydrogen-bond acceptors (Lipinski definition) is 3. The molecule has 0 saturated heterocycles. The summed E-state index contributed by atoms with van der Waals surface area (Å²) in [6.07, 6.45) is 0.699. The minimum Gasteiger partial charge on any atom is -0.462 e. The maximum absolute atomic E-state index is 6.16. The van der Waals surface area contributed by atoms with Gasteiger partial charge in [0, 0.05) is 36.7 Å². The SMILES string of the molecule is CO[C@@]1(C)C[C@@H](Nc2ccc(C)cc2)c2cc(Cl)ccc2O1. The molecule has 22 heavy (non-hydrogen) atoms. The molecule has 0 fully saturated rings. The van der Waals surface area contributed by atoms with Crippen molar-refractivity contribution in [1.29, 1.82) is 0 Å². The van der Waals surface area contributed by atoms with Crippen LogP contribution in [0.4, 0.5) is 5.69 Å². The molecule has 1 N–H and O–H groups in total. The molecule has 2 aromatic rings. The van der Waals surface area contributed by atoms with E-state index >= 15 is 0 Å². The summed E-state index contributed by atoms with van der Waals surface area (Å²) in [5.41, 5.74) is 3.37. The molecular formula is C18H20ClNO2. The second-order valence-corrected chi connectivity index (χ2v) is 6.33. The van der Waals surface area contributed by atoms with Crippen LogP contribution in [0.2, 0.25) is 5.02 Å². The van der Waals surface area contributed by atoms with Crippen LogP contribution < -0.4 is 10.1 Å². The van der Waals surface area contributed by atoms with Gasteiger partial charge in [-0.05, 0) is 37.3 Å². The van der Waals surface area contributed by atoms with Crippen LogP contribution in [0.3, 0.4) is 0 Å². The van der Waals surface area contributed by atoms with Crippen molar-refractivity contribution in [2.45, 2.75) is 32.1 Å². The number of aryl methyl sites for hydroxylation is 1. The van der Waals surface area contributed by atoms with Crippen molar-refractivity contribution in [1.82, 2.24) is 0 Å². The summed E-state index contributed by atoms with van der Waals surface area (Å²) in [7, 11) is 1.67. The number of benzene rings is 2.